The number of pyridine rings is 1. The van der Waals surface area contributed by atoms with E-state index in [2.05, 4.69) is 36.6 Å². The first-order chi connectivity index (χ1) is 13.2. The van der Waals surface area contributed by atoms with E-state index in [9.17, 15) is 4.39 Å². The van der Waals surface area contributed by atoms with Crippen LogP contribution in [-0.2, 0) is 0 Å². The van der Waals surface area contributed by atoms with Gasteiger partial charge in [0.05, 0.1) is 24.1 Å². The predicted octanol–water partition coefficient (Wildman–Crippen LogP) is 3.70. The van der Waals surface area contributed by atoms with E-state index in [-0.39, 0.29) is 11.9 Å². The Labute approximate surface area is 154 Å². The molecule has 8 heteroatoms. The molecule has 0 aliphatic heterocycles. The van der Waals surface area contributed by atoms with Gasteiger partial charge >= 0.3 is 0 Å². The molecule has 27 heavy (non-hydrogen) atoms. The molecule has 1 fully saturated rings. The molecule has 1 aliphatic rings. The van der Waals surface area contributed by atoms with E-state index in [1.807, 2.05) is 19.1 Å². The zero-order valence-electron chi connectivity index (χ0n) is 14.7. The number of H-pyrrole nitrogens is 1. The largest absolute Gasteiger partial charge is 0.361 e. The molecule has 2 N–H and O–H groups in total. The zero-order chi connectivity index (χ0) is 18.4. The first-order valence-electron chi connectivity index (χ1n) is 8.96. The van der Waals surface area contributed by atoms with Crippen LogP contribution >= 0.6 is 0 Å². The van der Waals surface area contributed by atoms with Crippen LogP contribution in [0, 0.1) is 5.82 Å². The minimum Gasteiger partial charge on any atom is -0.361 e. The molecule has 5 rings (SSSR count). The maximum atomic E-state index is 13.1. The van der Waals surface area contributed by atoms with Gasteiger partial charge in [-0.2, -0.15) is 5.10 Å². The number of hydrogen-bond donors (Lipinski definition) is 2. The number of anilines is 1. The van der Waals surface area contributed by atoms with Crippen molar-refractivity contribution in [1.82, 2.24) is 29.8 Å². The summed E-state index contributed by atoms with van der Waals surface area (Å²) in [7, 11) is 0. The van der Waals surface area contributed by atoms with E-state index >= 15 is 0 Å². The lowest BCUT2D eigenvalue weighted by Gasteiger charge is -2.14. The number of fused-ring (bicyclic) bond motifs is 1. The fourth-order valence-corrected chi connectivity index (χ4v) is 3.14. The van der Waals surface area contributed by atoms with Gasteiger partial charge < -0.3 is 5.32 Å². The normalized spacial score (nSPS) is 15.2. The number of nitrogens with one attached hydrogen (secondary N) is 2. The maximum absolute atomic E-state index is 13.1. The van der Waals surface area contributed by atoms with Gasteiger partial charge in [-0.15, -0.1) is 5.10 Å². The molecule has 4 aromatic heterocycles. The van der Waals surface area contributed by atoms with Crippen molar-refractivity contribution in [2.75, 3.05) is 5.32 Å². The van der Waals surface area contributed by atoms with Crippen molar-refractivity contribution in [3.8, 4) is 11.4 Å². The van der Waals surface area contributed by atoms with Gasteiger partial charge in [-0.25, -0.2) is 13.9 Å². The second-order valence-electron chi connectivity index (χ2n) is 6.88. The van der Waals surface area contributed by atoms with Gasteiger partial charge in [0.2, 0.25) is 0 Å². The summed E-state index contributed by atoms with van der Waals surface area (Å²) in [4.78, 5) is 8.54. The van der Waals surface area contributed by atoms with Crippen LogP contribution in [0.15, 0.2) is 42.7 Å². The molecular formula is C19H18FN7. The third kappa shape index (κ3) is 3.03. The summed E-state index contributed by atoms with van der Waals surface area (Å²) in [5.41, 5.74) is 4.33. The maximum Gasteiger partial charge on any atom is 0.154 e. The summed E-state index contributed by atoms with van der Waals surface area (Å²) in [5, 5.41) is 15.5. The average molecular weight is 363 g/mol. The van der Waals surface area contributed by atoms with Crippen molar-refractivity contribution < 1.29 is 4.39 Å². The standard InChI is InChI=1S/C19H18FN7/c1-11(14-5-4-13(20)9-21-14)23-18-6-7-19-22-10-17(27(19)26-18)16-8-15(24-25-16)12-2-3-12/h4-12H,2-3H2,1H3,(H,23,26)(H,24,25)/t11-/m0/s1. The summed E-state index contributed by atoms with van der Waals surface area (Å²) in [6, 6.07) is 8.80. The lowest BCUT2D eigenvalue weighted by molar-refractivity contribution is 0.617. The van der Waals surface area contributed by atoms with E-state index in [1.165, 1.54) is 30.8 Å². The van der Waals surface area contributed by atoms with Gasteiger partial charge in [0.1, 0.15) is 23.0 Å². The summed E-state index contributed by atoms with van der Waals surface area (Å²) >= 11 is 0. The van der Waals surface area contributed by atoms with Gasteiger partial charge in [-0.3, -0.25) is 10.1 Å². The SMILES string of the molecule is C[C@H](Nc1ccc2ncc(-c3cc(C4CC4)[nH]n3)n2n1)c1ccc(F)cn1. The minimum absolute atomic E-state index is 0.116. The van der Waals surface area contributed by atoms with Crippen molar-refractivity contribution in [3.63, 3.8) is 0 Å². The number of rotatable bonds is 5. The smallest absolute Gasteiger partial charge is 0.154 e. The van der Waals surface area contributed by atoms with Crippen molar-refractivity contribution in [3.05, 3.63) is 59.9 Å². The predicted molar refractivity (Wildman–Crippen MR) is 98.8 cm³/mol. The molecule has 1 aliphatic carbocycles. The number of imidazole rings is 1. The number of hydrogen-bond acceptors (Lipinski definition) is 5. The Morgan fingerprint density at radius 1 is 1.19 bits per heavy atom. The molecule has 7 nitrogen and oxygen atoms in total. The van der Waals surface area contributed by atoms with Gasteiger partial charge in [-0.05, 0) is 50.1 Å². The molecule has 1 atom stereocenters. The van der Waals surface area contributed by atoms with Crippen molar-refractivity contribution in [2.45, 2.75) is 31.7 Å². The monoisotopic (exact) mass is 363 g/mol. The highest BCUT2D eigenvalue weighted by molar-refractivity contribution is 5.60. The first kappa shape index (κ1) is 15.9. The van der Waals surface area contributed by atoms with Crippen molar-refractivity contribution >= 4 is 11.5 Å². The first-order valence-corrected chi connectivity index (χ1v) is 8.96. The Hall–Kier alpha value is -3.29. The third-order valence-corrected chi connectivity index (χ3v) is 4.80. The topological polar surface area (TPSA) is 83.8 Å². The van der Waals surface area contributed by atoms with E-state index in [4.69, 9.17) is 0 Å². The van der Waals surface area contributed by atoms with Gasteiger partial charge in [0.25, 0.3) is 0 Å². The van der Waals surface area contributed by atoms with Crippen LogP contribution in [0.3, 0.4) is 0 Å². The second kappa shape index (κ2) is 6.15. The summed E-state index contributed by atoms with van der Waals surface area (Å²) in [6.45, 7) is 1.95. The number of halogens is 1. The zero-order valence-corrected chi connectivity index (χ0v) is 14.7. The molecule has 4 heterocycles. The van der Waals surface area contributed by atoms with Gasteiger partial charge in [0.15, 0.2) is 5.65 Å². The summed E-state index contributed by atoms with van der Waals surface area (Å²) in [5.74, 6) is 0.941. The Morgan fingerprint density at radius 2 is 2.07 bits per heavy atom. The fraction of sp³-hybridized carbons (Fsp3) is 0.263. The van der Waals surface area contributed by atoms with Crippen LogP contribution < -0.4 is 5.32 Å². The fourth-order valence-electron chi connectivity index (χ4n) is 3.14. The van der Waals surface area contributed by atoms with E-state index in [0.717, 1.165) is 22.7 Å². The third-order valence-electron chi connectivity index (χ3n) is 4.80. The molecule has 0 aromatic carbocycles. The molecule has 0 radical (unpaired) electrons. The Balaban J connectivity index is 1.44. The lowest BCUT2D eigenvalue weighted by Crippen LogP contribution is -2.11. The molecular weight excluding hydrogens is 345 g/mol. The lowest BCUT2D eigenvalue weighted by atomic mass is 10.2. The molecule has 0 spiro atoms. The van der Waals surface area contributed by atoms with E-state index in [0.29, 0.717) is 11.7 Å². The Bertz CT molecular complexity index is 1090. The van der Waals surface area contributed by atoms with Crippen LogP contribution in [0.25, 0.3) is 17.0 Å². The average Bonchev–Trinajstić information content (AvgIpc) is 3.26. The molecule has 0 saturated heterocycles. The van der Waals surface area contributed by atoms with Crippen molar-refractivity contribution in [1.29, 1.82) is 0 Å². The van der Waals surface area contributed by atoms with E-state index in [1.54, 1.807) is 16.8 Å². The van der Waals surface area contributed by atoms with Crippen LogP contribution in [0.4, 0.5) is 10.2 Å². The molecule has 136 valence electrons. The molecule has 1 saturated carbocycles. The van der Waals surface area contributed by atoms with Gasteiger partial charge in [-0.1, -0.05) is 0 Å². The summed E-state index contributed by atoms with van der Waals surface area (Å²) in [6.07, 6.45) is 5.43. The number of aromatic nitrogens is 6. The van der Waals surface area contributed by atoms with E-state index < -0.39 is 0 Å². The quantitative estimate of drug-likeness (QED) is 0.565. The Morgan fingerprint density at radius 3 is 2.85 bits per heavy atom. The summed E-state index contributed by atoms with van der Waals surface area (Å²) < 4.78 is 14.8. The highest BCUT2D eigenvalue weighted by atomic mass is 19.1. The van der Waals surface area contributed by atoms with Gasteiger partial charge in [0, 0.05) is 11.6 Å². The molecule has 0 amide bonds. The minimum atomic E-state index is -0.349. The highest BCUT2D eigenvalue weighted by Crippen LogP contribution is 2.39. The molecule has 0 bridgehead atoms. The van der Waals surface area contributed by atoms with Crippen LogP contribution in [0.5, 0.6) is 0 Å². The highest BCUT2D eigenvalue weighted by Gasteiger charge is 2.26. The van der Waals surface area contributed by atoms with Crippen LogP contribution in [-0.4, -0.2) is 29.8 Å². The van der Waals surface area contributed by atoms with Crippen LogP contribution in [0.1, 0.15) is 43.1 Å². The van der Waals surface area contributed by atoms with Crippen molar-refractivity contribution in [2.24, 2.45) is 0 Å². The van der Waals surface area contributed by atoms with Crippen LogP contribution in [0.2, 0.25) is 0 Å². The number of nitrogens with zero attached hydrogens (tertiary/aromatic N) is 5. The number of aromatic amines is 1. The Kier molecular flexibility index (Phi) is 3.63. The second-order valence-corrected chi connectivity index (χ2v) is 6.88. The molecule has 4 aromatic rings. The molecule has 0 unspecified atom stereocenters.